The summed E-state index contributed by atoms with van der Waals surface area (Å²) in [6.07, 6.45) is 0.620. The summed E-state index contributed by atoms with van der Waals surface area (Å²) in [6.45, 7) is 1.61. The summed E-state index contributed by atoms with van der Waals surface area (Å²) in [5.74, 6) is 5.26. The lowest BCUT2D eigenvalue weighted by atomic mass is 10.0. The Morgan fingerprint density at radius 1 is 1.43 bits per heavy atom. The molecule has 0 bridgehead atoms. The van der Waals surface area contributed by atoms with Crippen LogP contribution in [-0.4, -0.2) is 11.7 Å². The first-order valence-electron chi connectivity index (χ1n) is 4.55. The molecule has 0 aliphatic carbocycles. The van der Waals surface area contributed by atoms with Gasteiger partial charge in [-0.15, -0.1) is 0 Å². The number of phenolic OH excluding ortho intramolecular Hbond substituents is 1. The van der Waals surface area contributed by atoms with Crippen LogP contribution in [0.15, 0.2) is 12.1 Å². The molecule has 1 aromatic carbocycles. The first-order valence-corrected chi connectivity index (χ1v) is 4.55. The Morgan fingerprint density at radius 3 is 3.07 bits per heavy atom. The molecule has 2 rings (SSSR count). The van der Waals surface area contributed by atoms with Crippen LogP contribution < -0.4 is 5.90 Å². The van der Waals surface area contributed by atoms with Crippen LogP contribution in [0.5, 0.6) is 5.75 Å². The second kappa shape index (κ2) is 3.96. The van der Waals surface area contributed by atoms with Crippen molar-refractivity contribution in [1.82, 2.24) is 0 Å². The van der Waals surface area contributed by atoms with E-state index in [2.05, 4.69) is 4.84 Å². The van der Waals surface area contributed by atoms with Crippen molar-refractivity contribution in [2.45, 2.75) is 19.6 Å². The number of benzene rings is 1. The van der Waals surface area contributed by atoms with Gasteiger partial charge in [-0.3, -0.25) is 0 Å². The number of hydrogen-bond acceptors (Lipinski definition) is 4. The summed E-state index contributed by atoms with van der Waals surface area (Å²) in [7, 11) is 0. The molecule has 76 valence electrons. The molecule has 0 radical (unpaired) electrons. The minimum Gasteiger partial charge on any atom is -0.508 e. The Hall–Kier alpha value is -1.10. The molecule has 14 heavy (non-hydrogen) atoms. The molecule has 0 atom stereocenters. The van der Waals surface area contributed by atoms with Gasteiger partial charge in [0.2, 0.25) is 0 Å². The summed E-state index contributed by atoms with van der Waals surface area (Å²) in [5, 5.41) is 9.65. The minimum absolute atomic E-state index is 0.298. The molecule has 4 nitrogen and oxygen atoms in total. The standard InChI is InChI=1S/C10H13NO3/c11-14-4-3-8-9-6-13-5-7(9)1-2-10(8)12/h1-2,12H,3-6,11H2. The lowest BCUT2D eigenvalue weighted by Crippen LogP contribution is -2.05. The number of fused-ring (bicyclic) bond motifs is 1. The molecule has 0 amide bonds. The molecule has 0 saturated heterocycles. The number of phenols is 1. The summed E-state index contributed by atoms with van der Waals surface area (Å²) in [4.78, 5) is 4.51. The number of nitrogens with two attached hydrogens (primary N) is 1. The Bertz CT molecular complexity index is 338. The van der Waals surface area contributed by atoms with E-state index in [1.807, 2.05) is 6.07 Å². The average Bonchev–Trinajstić information content (AvgIpc) is 2.64. The van der Waals surface area contributed by atoms with Crippen LogP contribution in [0, 0.1) is 0 Å². The lowest BCUT2D eigenvalue weighted by Gasteiger charge is -2.08. The molecule has 0 saturated carbocycles. The highest BCUT2D eigenvalue weighted by Crippen LogP contribution is 2.30. The van der Waals surface area contributed by atoms with Crippen molar-refractivity contribution in [1.29, 1.82) is 0 Å². The molecule has 1 aliphatic heterocycles. The van der Waals surface area contributed by atoms with Crippen molar-refractivity contribution in [2.75, 3.05) is 6.61 Å². The van der Waals surface area contributed by atoms with Gasteiger partial charge in [0.1, 0.15) is 5.75 Å². The molecule has 0 unspecified atom stereocenters. The summed E-state index contributed by atoms with van der Waals surface area (Å²) >= 11 is 0. The monoisotopic (exact) mass is 195 g/mol. The second-order valence-corrected chi connectivity index (χ2v) is 3.31. The fourth-order valence-electron chi connectivity index (χ4n) is 1.75. The Morgan fingerprint density at radius 2 is 2.29 bits per heavy atom. The lowest BCUT2D eigenvalue weighted by molar-refractivity contribution is 0.131. The molecule has 1 aliphatic rings. The third-order valence-electron chi connectivity index (χ3n) is 2.48. The van der Waals surface area contributed by atoms with Gasteiger partial charge in [-0.05, 0) is 17.2 Å². The highest BCUT2D eigenvalue weighted by atomic mass is 16.6. The van der Waals surface area contributed by atoms with Crippen LogP contribution in [-0.2, 0) is 29.2 Å². The topological polar surface area (TPSA) is 64.7 Å². The first-order chi connectivity index (χ1) is 6.83. The highest BCUT2D eigenvalue weighted by Gasteiger charge is 2.17. The second-order valence-electron chi connectivity index (χ2n) is 3.31. The maximum absolute atomic E-state index is 9.65. The zero-order chi connectivity index (χ0) is 9.97. The van der Waals surface area contributed by atoms with E-state index in [1.165, 1.54) is 0 Å². The van der Waals surface area contributed by atoms with Crippen LogP contribution in [0.25, 0.3) is 0 Å². The van der Waals surface area contributed by atoms with Gasteiger partial charge in [-0.1, -0.05) is 6.07 Å². The van der Waals surface area contributed by atoms with Gasteiger partial charge in [0.05, 0.1) is 19.8 Å². The van der Waals surface area contributed by atoms with E-state index < -0.39 is 0 Å². The summed E-state index contributed by atoms with van der Waals surface area (Å²) in [6, 6.07) is 3.59. The Kier molecular flexibility index (Phi) is 2.67. The highest BCUT2D eigenvalue weighted by molar-refractivity contribution is 5.45. The van der Waals surface area contributed by atoms with Crippen LogP contribution >= 0.6 is 0 Å². The number of hydrogen-bond donors (Lipinski definition) is 2. The predicted octanol–water partition coefficient (Wildman–Crippen LogP) is 0.855. The van der Waals surface area contributed by atoms with Crippen LogP contribution in [0.2, 0.25) is 0 Å². The first kappa shape index (κ1) is 9.45. The zero-order valence-corrected chi connectivity index (χ0v) is 7.82. The van der Waals surface area contributed by atoms with Crippen LogP contribution in [0.4, 0.5) is 0 Å². The number of aromatic hydroxyl groups is 1. The molecule has 1 heterocycles. The average molecular weight is 195 g/mol. The van der Waals surface area contributed by atoms with Gasteiger partial charge in [-0.2, -0.15) is 0 Å². The fourth-order valence-corrected chi connectivity index (χ4v) is 1.75. The smallest absolute Gasteiger partial charge is 0.119 e. The van der Waals surface area contributed by atoms with Crippen LogP contribution in [0.3, 0.4) is 0 Å². The van der Waals surface area contributed by atoms with Gasteiger partial charge in [-0.25, -0.2) is 5.90 Å². The van der Waals surface area contributed by atoms with Gasteiger partial charge in [0, 0.05) is 12.0 Å². The Balaban J connectivity index is 2.31. The Labute approximate surface area is 82.2 Å². The third kappa shape index (κ3) is 1.59. The normalized spacial score (nSPS) is 14.4. The van der Waals surface area contributed by atoms with Crippen molar-refractivity contribution in [2.24, 2.45) is 5.90 Å². The molecule has 1 aromatic rings. The number of ether oxygens (including phenoxy) is 1. The van der Waals surface area contributed by atoms with Crippen molar-refractivity contribution in [3.63, 3.8) is 0 Å². The van der Waals surface area contributed by atoms with Gasteiger partial charge in [0.15, 0.2) is 0 Å². The quantitative estimate of drug-likeness (QED) is 0.702. The van der Waals surface area contributed by atoms with Gasteiger partial charge < -0.3 is 14.7 Å². The van der Waals surface area contributed by atoms with Crippen molar-refractivity contribution < 1.29 is 14.7 Å². The molecule has 0 spiro atoms. The SMILES string of the molecule is NOCCc1c(O)ccc2c1COC2. The minimum atomic E-state index is 0.298. The maximum atomic E-state index is 9.65. The van der Waals surface area contributed by atoms with Gasteiger partial charge >= 0.3 is 0 Å². The van der Waals surface area contributed by atoms with E-state index in [4.69, 9.17) is 10.6 Å². The van der Waals surface area contributed by atoms with E-state index in [9.17, 15) is 5.11 Å². The summed E-state index contributed by atoms with van der Waals surface area (Å²) in [5.41, 5.74) is 3.13. The molecule has 0 fully saturated rings. The maximum Gasteiger partial charge on any atom is 0.119 e. The summed E-state index contributed by atoms with van der Waals surface area (Å²) < 4.78 is 5.31. The van der Waals surface area contributed by atoms with E-state index in [0.717, 1.165) is 16.7 Å². The zero-order valence-electron chi connectivity index (χ0n) is 7.82. The fraction of sp³-hybridized carbons (Fsp3) is 0.400. The molecule has 4 heteroatoms. The molecular weight excluding hydrogens is 182 g/mol. The van der Waals surface area contributed by atoms with Gasteiger partial charge in [0.25, 0.3) is 0 Å². The van der Waals surface area contributed by atoms with E-state index in [0.29, 0.717) is 32.0 Å². The van der Waals surface area contributed by atoms with E-state index >= 15 is 0 Å². The van der Waals surface area contributed by atoms with Crippen molar-refractivity contribution in [3.8, 4) is 5.75 Å². The molecule has 0 aromatic heterocycles. The molecule has 3 N–H and O–H groups in total. The van der Waals surface area contributed by atoms with E-state index in [1.54, 1.807) is 6.07 Å². The predicted molar refractivity (Wildman–Crippen MR) is 50.4 cm³/mol. The van der Waals surface area contributed by atoms with E-state index in [-0.39, 0.29) is 0 Å². The third-order valence-corrected chi connectivity index (χ3v) is 2.48. The van der Waals surface area contributed by atoms with Crippen molar-refractivity contribution >= 4 is 0 Å². The number of rotatable bonds is 3. The largest absolute Gasteiger partial charge is 0.508 e. The molecular formula is C10H13NO3. The van der Waals surface area contributed by atoms with Crippen molar-refractivity contribution in [3.05, 3.63) is 28.8 Å². The van der Waals surface area contributed by atoms with Crippen LogP contribution in [0.1, 0.15) is 16.7 Å².